The number of benzene rings is 1. The number of piperazine rings is 1. The minimum atomic E-state index is 0.769. The minimum Gasteiger partial charge on any atom is -0.497 e. The first kappa shape index (κ1) is 13.8. The van der Waals surface area contributed by atoms with Gasteiger partial charge in [0.1, 0.15) is 17.9 Å². The molecule has 1 aromatic carbocycles. The zero-order valence-electron chi connectivity index (χ0n) is 13.0. The van der Waals surface area contributed by atoms with Crippen LogP contribution in [-0.4, -0.2) is 53.1 Å². The quantitative estimate of drug-likeness (QED) is 0.730. The molecule has 1 aliphatic rings. The zero-order valence-corrected chi connectivity index (χ0v) is 13.0. The number of hydrogen-bond acceptors (Lipinski definition) is 6. The first-order valence-corrected chi connectivity index (χ1v) is 7.64. The Hall–Kier alpha value is -2.83. The number of methoxy groups -OCH3 is 1. The van der Waals surface area contributed by atoms with Gasteiger partial charge in [0.2, 0.25) is 0 Å². The molecule has 4 rings (SSSR count). The van der Waals surface area contributed by atoms with Gasteiger partial charge in [0.25, 0.3) is 0 Å². The van der Waals surface area contributed by atoms with Crippen molar-refractivity contribution in [1.29, 1.82) is 0 Å². The van der Waals surface area contributed by atoms with Crippen LogP contribution in [0.15, 0.2) is 42.7 Å². The Morgan fingerprint density at radius 3 is 2.39 bits per heavy atom. The van der Waals surface area contributed by atoms with Gasteiger partial charge in [-0.15, -0.1) is 15.3 Å². The number of nitrogens with zero attached hydrogens (tertiary/aromatic N) is 6. The summed E-state index contributed by atoms with van der Waals surface area (Å²) in [7, 11) is 1.69. The predicted molar refractivity (Wildman–Crippen MR) is 88.2 cm³/mol. The lowest BCUT2D eigenvalue weighted by Crippen LogP contribution is -2.46. The van der Waals surface area contributed by atoms with Crippen LogP contribution >= 0.6 is 0 Å². The Labute approximate surface area is 134 Å². The molecular formula is C16H18N6O. The third kappa shape index (κ3) is 2.65. The average Bonchev–Trinajstić information content (AvgIpc) is 3.10. The predicted octanol–water partition coefficient (Wildman–Crippen LogP) is 1.46. The molecule has 0 atom stereocenters. The topological polar surface area (TPSA) is 58.8 Å². The number of hydrogen-bond donors (Lipinski definition) is 0. The number of anilines is 2. The van der Waals surface area contributed by atoms with Crippen molar-refractivity contribution >= 4 is 17.2 Å². The van der Waals surface area contributed by atoms with Gasteiger partial charge in [-0.05, 0) is 36.4 Å². The Bertz CT molecular complexity index is 792. The van der Waals surface area contributed by atoms with E-state index in [2.05, 4.69) is 37.2 Å². The third-order valence-electron chi connectivity index (χ3n) is 4.19. The summed E-state index contributed by atoms with van der Waals surface area (Å²) in [6.45, 7) is 3.81. The Morgan fingerprint density at radius 2 is 1.65 bits per heavy atom. The van der Waals surface area contributed by atoms with E-state index in [0.29, 0.717) is 0 Å². The fourth-order valence-corrected chi connectivity index (χ4v) is 2.87. The van der Waals surface area contributed by atoms with E-state index in [-0.39, 0.29) is 0 Å². The summed E-state index contributed by atoms with van der Waals surface area (Å²) < 4.78 is 6.93. The maximum Gasteiger partial charge on any atom is 0.177 e. The van der Waals surface area contributed by atoms with Crippen LogP contribution in [0.3, 0.4) is 0 Å². The first-order valence-electron chi connectivity index (χ1n) is 7.64. The van der Waals surface area contributed by atoms with Gasteiger partial charge in [0.05, 0.1) is 7.11 Å². The highest BCUT2D eigenvalue weighted by Gasteiger charge is 2.18. The number of ether oxygens (including phenoxy) is 1. The van der Waals surface area contributed by atoms with E-state index in [0.717, 1.165) is 43.4 Å². The molecule has 7 heteroatoms. The summed E-state index contributed by atoms with van der Waals surface area (Å²) in [5.41, 5.74) is 2.00. The highest BCUT2D eigenvalue weighted by atomic mass is 16.5. The lowest BCUT2D eigenvalue weighted by Gasteiger charge is -2.36. The maximum atomic E-state index is 5.21. The fourth-order valence-electron chi connectivity index (χ4n) is 2.87. The largest absolute Gasteiger partial charge is 0.497 e. The van der Waals surface area contributed by atoms with Crippen LogP contribution in [0.2, 0.25) is 0 Å². The van der Waals surface area contributed by atoms with Crippen molar-refractivity contribution in [3.05, 3.63) is 42.7 Å². The molecule has 1 aliphatic heterocycles. The van der Waals surface area contributed by atoms with E-state index in [1.54, 1.807) is 18.0 Å². The smallest absolute Gasteiger partial charge is 0.177 e. The van der Waals surface area contributed by atoms with Crippen molar-refractivity contribution in [3.63, 3.8) is 0 Å². The van der Waals surface area contributed by atoms with Gasteiger partial charge < -0.3 is 14.5 Å². The van der Waals surface area contributed by atoms with Crippen LogP contribution in [0, 0.1) is 0 Å². The molecule has 118 valence electrons. The normalized spacial score (nSPS) is 15.2. The van der Waals surface area contributed by atoms with Crippen molar-refractivity contribution in [2.75, 3.05) is 43.1 Å². The lowest BCUT2D eigenvalue weighted by atomic mass is 10.2. The second-order valence-corrected chi connectivity index (χ2v) is 5.50. The molecule has 0 saturated carbocycles. The van der Waals surface area contributed by atoms with Crippen molar-refractivity contribution in [3.8, 4) is 5.75 Å². The molecule has 1 fully saturated rings. The first-order chi connectivity index (χ1) is 11.3. The van der Waals surface area contributed by atoms with E-state index in [1.807, 2.05) is 24.3 Å². The number of aromatic nitrogens is 4. The van der Waals surface area contributed by atoms with Crippen molar-refractivity contribution < 1.29 is 4.74 Å². The standard InChI is InChI=1S/C16H18N6O/c1-23-14-4-2-13(3-5-14)20-8-10-21(11-9-20)16-7-6-15-18-17-12-22(15)19-16/h2-7,12H,8-11H2,1H3. The van der Waals surface area contributed by atoms with Crippen LogP contribution in [-0.2, 0) is 0 Å². The van der Waals surface area contributed by atoms with E-state index < -0.39 is 0 Å². The molecule has 2 aromatic heterocycles. The van der Waals surface area contributed by atoms with Gasteiger partial charge in [-0.25, -0.2) is 0 Å². The lowest BCUT2D eigenvalue weighted by molar-refractivity contribution is 0.415. The molecule has 0 amide bonds. The summed E-state index contributed by atoms with van der Waals surface area (Å²) >= 11 is 0. The second kappa shape index (κ2) is 5.75. The summed E-state index contributed by atoms with van der Waals surface area (Å²) in [5, 5.41) is 12.4. The van der Waals surface area contributed by atoms with Crippen molar-refractivity contribution in [1.82, 2.24) is 19.8 Å². The molecule has 0 bridgehead atoms. The van der Waals surface area contributed by atoms with Gasteiger partial charge >= 0.3 is 0 Å². The number of fused-ring (bicyclic) bond motifs is 1. The molecule has 7 nitrogen and oxygen atoms in total. The zero-order chi connectivity index (χ0) is 15.6. The van der Waals surface area contributed by atoms with Crippen LogP contribution < -0.4 is 14.5 Å². The van der Waals surface area contributed by atoms with E-state index in [4.69, 9.17) is 4.74 Å². The Morgan fingerprint density at radius 1 is 0.913 bits per heavy atom. The third-order valence-corrected chi connectivity index (χ3v) is 4.19. The Kier molecular flexibility index (Phi) is 3.45. The summed E-state index contributed by atoms with van der Waals surface area (Å²) in [6, 6.07) is 12.2. The van der Waals surface area contributed by atoms with Crippen LogP contribution in [0.5, 0.6) is 5.75 Å². The molecule has 0 unspecified atom stereocenters. The minimum absolute atomic E-state index is 0.769. The summed E-state index contributed by atoms with van der Waals surface area (Å²) in [4.78, 5) is 4.67. The van der Waals surface area contributed by atoms with Crippen molar-refractivity contribution in [2.24, 2.45) is 0 Å². The molecule has 23 heavy (non-hydrogen) atoms. The highest BCUT2D eigenvalue weighted by molar-refractivity contribution is 5.52. The average molecular weight is 310 g/mol. The van der Waals surface area contributed by atoms with Gasteiger partial charge in [0.15, 0.2) is 5.65 Å². The van der Waals surface area contributed by atoms with Gasteiger partial charge in [0, 0.05) is 31.9 Å². The molecule has 0 radical (unpaired) electrons. The van der Waals surface area contributed by atoms with E-state index in [9.17, 15) is 0 Å². The molecule has 0 aliphatic carbocycles. The van der Waals surface area contributed by atoms with Gasteiger partial charge in [-0.1, -0.05) is 0 Å². The fraction of sp³-hybridized carbons (Fsp3) is 0.312. The van der Waals surface area contributed by atoms with Crippen molar-refractivity contribution in [2.45, 2.75) is 0 Å². The van der Waals surface area contributed by atoms with Crippen LogP contribution in [0.1, 0.15) is 0 Å². The summed E-state index contributed by atoms with van der Waals surface area (Å²) in [6.07, 6.45) is 1.63. The monoisotopic (exact) mass is 310 g/mol. The molecular weight excluding hydrogens is 292 g/mol. The van der Waals surface area contributed by atoms with Gasteiger partial charge in [-0.3, -0.25) is 0 Å². The molecule has 3 heterocycles. The molecule has 0 spiro atoms. The second-order valence-electron chi connectivity index (χ2n) is 5.50. The highest BCUT2D eigenvalue weighted by Crippen LogP contribution is 2.22. The maximum absolute atomic E-state index is 5.21. The molecule has 3 aromatic rings. The SMILES string of the molecule is COc1ccc(N2CCN(c3ccc4nncn4n3)CC2)cc1. The summed E-state index contributed by atoms with van der Waals surface area (Å²) in [5.74, 6) is 1.85. The van der Waals surface area contributed by atoms with Gasteiger partial charge in [-0.2, -0.15) is 4.52 Å². The van der Waals surface area contributed by atoms with E-state index in [1.165, 1.54) is 5.69 Å². The Balaban J connectivity index is 1.45. The number of rotatable bonds is 3. The van der Waals surface area contributed by atoms with Crippen LogP contribution in [0.4, 0.5) is 11.5 Å². The molecule has 0 N–H and O–H groups in total. The molecule has 1 saturated heterocycles. The van der Waals surface area contributed by atoms with E-state index >= 15 is 0 Å². The van der Waals surface area contributed by atoms with Crippen LogP contribution in [0.25, 0.3) is 5.65 Å².